The van der Waals surface area contributed by atoms with E-state index >= 15 is 0 Å². The van der Waals surface area contributed by atoms with Gasteiger partial charge in [0, 0.05) is 31.6 Å². The van der Waals surface area contributed by atoms with Gasteiger partial charge in [-0.1, -0.05) is 6.07 Å². The first-order valence-corrected chi connectivity index (χ1v) is 8.64. The van der Waals surface area contributed by atoms with Crippen LogP contribution in [-0.4, -0.2) is 34.8 Å². The highest BCUT2D eigenvalue weighted by Crippen LogP contribution is 2.40. The molecule has 2 aliphatic rings. The number of pyridine rings is 1. The second kappa shape index (κ2) is 7.11. The molecule has 0 spiro atoms. The van der Waals surface area contributed by atoms with Crippen LogP contribution in [0.15, 0.2) is 18.2 Å². The summed E-state index contributed by atoms with van der Waals surface area (Å²) < 4.78 is 0. The Morgan fingerprint density at radius 3 is 2.91 bits per heavy atom. The fourth-order valence-corrected chi connectivity index (χ4v) is 3.18. The molecular weight excluding hydrogens is 290 g/mol. The van der Waals surface area contributed by atoms with Crippen molar-refractivity contribution in [2.45, 2.75) is 51.5 Å². The molecule has 1 aliphatic carbocycles. The normalized spacial score (nSPS) is 19.5. The second-order valence-corrected chi connectivity index (χ2v) is 6.67. The Hall–Kier alpha value is -1.91. The fourth-order valence-electron chi connectivity index (χ4n) is 3.18. The van der Waals surface area contributed by atoms with E-state index < -0.39 is 0 Å². The number of aromatic nitrogens is 1. The molecule has 5 nitrogen and oxygen atoms in total. The summed E-state index contributed by atoms with van der Waals surface area (Å²) in [5.74, 6) is 0.705. The highest BCUT2D eigenvalue weighted by atomic mass is 16.2. The number of amides is 2. The second-order valence-electron chi connectivity index (χ2n) is 6.67. The zero-order valence-electron chi connectivity index (χ0n) is 13.8. The summed E-state index contributed by atoms with van der Waals surface area (Å²) in [6.45, 7) is 3.29. The lowest BCUT2D eigenvalue weighted by Gasteiger charge is -2.27. The van der Waals surface area contributed by atoms with E-state index in [0.717, 1.165) is 43.6 Å². The predicted octanol–water partition coefficient (Wildman–Crippen LogP) is 2.36. The molecule has 1 aliphatic heterocycles. The van der Waals surface area contributed by atoms with Crippen molar-refractivity contribution in [2.75, 3.05) is 13.1 Å². The van der Waals surface area contributed by atoms with Crippen LogP contribution in [-0.2, 0) is 9.59 Å². The maximum atomic E-state index is 12.3. The van der Waals surface area contributed by atoms with Gasteiger partial charge in [0.25, 0.3) is 0 Å². The third-order valence-electron chi connectivity index (χ3n) is 4.67. The molecule has 2 heterocycles. The van der Waals surface area contributed by atoms with Crippen LogP contribution in [0.5, 0.6) is 0 Å². The largest absolute Gasteiger partial charge is 0.347 e. The smallest absolute Gasteiger partial charge is 0.222 e. The van der Waals surface area contributed by atoms with Crippen molar-refractivity contribution in [3.05, 3.63) is 29.6 Å². The number of likely N-dealkylation sites (tertiary alicyclic amines) is 1. The molecule has 1 aromatic rings. The van der Waals surface area contributed by atoms with Gasteiger partial charge in [0.1, 0.15) is 0 Å². The molecule has 3 rings (SSSR count). The van der Waals surface area contributed by atoms with E-state index in [-0.39, 0.29) is 17.9 Å². The van der Waals surface area contributed by atoms with Crippen LogP contribution in [0.2, 0.25) is 0 Å². The monoisotopic (exact) mass is 315 g/mol. The minimum absolute atomic E-state index is 0.0134. The van der Waals surface area contributed by atoms with Gasteiger partial charge in [-0.15, -0.1) is 0 Å². The molecule has 23 heavy (non-hydrogen) atoms. The Balaban J connectivity index is 1.55. The third-order valence-corrected chi connectivity index (χ3v) is 4.67. The molecule has 5 heteroatoms. The Bertz CT molecular complexity index is 583. The standard InChI is InChI=1S/C18H25N3O2/c1-13-5-4-6-15(19-13)18(14-8-9-14)20-16(22)10-12-21-11-3-2-7-17(21)23/h4-6,14,18H,2-3,7-12H2,1H3,(H,20,22)/t18-/m1/s1. The molecule has 0 bridgehead atoms. The summed E-state index contributed by atoms with van der Waals surface area (Å²) >= 11 is 0. The van der Waals surface area contributed by atoms with Gasteiger partial charge in [0.2, 0.25) is 11.8 Å². The molecule has 1 saturated heterocycles. The summed E-state index contributed by atoms with van der Waals surface area (Å²) in [4.78, 5) is 30.5. The summed E-state index contributed by atoms with van der Waals surface area (Å²) in [6.07, 6.45) is 5.31. The number of nitrogens with zero attached hydrogens (tertiary/aromatic N) is 2. The predicted molar refractivity (Wildman–Crippen MR) is 87.6 cm³/mol. The molecule has 1 atom stereocenters. The van der Waals surface area contributed by atoms with Crippen LogP contribution >= 0.6 is 0 Å². The first kappa shape index (κ1) is 16.0. The van der Waals surface area contributed by atoms with Crippen molar-refractivity contribution in [2.24, 2.45) is 5.92 Å². The number of carbonyl (C=O) groups is 2. The van der Waals surface area contributed by atoms with Gasteiger partial charge in [-0.25, -0.2) is 0 Å². The van der Waals surface area contributed by atoms with E-state index in [9.17, 15) is 9.59 Å². The average molecular weight is 315 g/mol. The molecule has 124 valence electrons. The molecule has 2 amide bonds. The SMILES string of the molecule is Cc1cccc([C@H](NC(=O)CCN2CCCCC2=O)C2CC2)n1. The highest BCUT2D eigenvalue weighted by Gasteiger charge is 2.34. The zero-order valence-corrected chi connectivity index (χ0v) is 13.8. The van der Waals surface area contributed by atoms with Crippen LogP contribution in [0.4, 0.5) is 0 Å². The molecule has 0 aromatic carbocycles. The number of piperidine rings is 1. The van der Waals surface area contributed by atoms with Crippen molar-refractivity contribution in [1.29, 1.82) is 0 Å². The zero-order chi connectivity index (χ0) is 16.2. The van der Waals surface area contributed by atoms with Crippen molar-refractivity contribution in [3.8, 4) is 0 Å². The number of hydrogen-bond acceptors (Lipinski definition) is 3. The summed E-state index contributed by atoms with van der Waals surface area (Å²) in [6, 6.07) is 5.97. The lowest BCUT2D eigenvalue weighted by Crippen LogP contribution is -2.39. The summed E-state index contributed by atoms with van der Waals surface area (Å²) in [5, 5.41) is 3.14. The molecule has 0 unspecified atom stereocenters. The van der Waals surface area contributed by atoms with Gasteiger partial charge in [-0.05, 0) is 50.7 Å². The van der Waals surface area contributed by atoms with Crippen molar-refractivity contribution < 1.29 is 9.59 Å². The van der Waals surface area contributed by atoms with E-state index in [4.69, 9.17) is 0 Å². The maximum absolute atomic E-state index is 12.3. The number of hydrogen-bond donors (Lipinski definition) is 1. The molecule has 1 N–H and O–H groups in total. The fraction of sp³-hybridized carbons (Fsp3) is 0.611. The maximum Gasteiger partial charge on any atom is 0.222 e. The van der Waals surface area contributed by atoms with Crippen LogP contribution in [0.25, 0.3) is 0 Å². The van der Waals surface area contributed by atoms with Crippen LogP contribution in [0.1, 0.15) is 56.0 Å². The Morgan fingerprint density at radius 1 is 1.39 bits per heavy atom. The van der Waals surface area contributed by atoms with Crippen LogP contribution in [0, 0.1) is 12.8 Å². The van der Waals surface area contributed by atoms with Crippen molar-refractivity contribution in [1.82, 2.24) is 15.2 Å². The van der Waals surface area contributed by atoms with E-state index in [0.29, 0.717) is 25.3 Å². The molecule has 2 fully saturated rings. The van der Waals surface area contributed by atoms with Gasteiger partial charge < -0.3 is 10.2 Å². The topological polar surface area (TPSA) is 62.3 Å². The van der Waals surface area contributed by atoms with Gasteiger partial charge >= 0.3 is 0 Å². The lowest BCUT2D eigenvalue weighted by molar-refractivity contribution is -0.133. The minimum Gasteiger partial charge on any atom is -0.347 e. The van der Waals surface area contributed by atoms with Gasteiger partial charge in [-0.3, -0.25) is 14.6 Å². The number of aryl methyl sites for hydroxylation is 1. The molecule has 1 aromatic heterocycles. The first-order chi connectivity index (χ1) is 11.1. The quantitative estimate of drug-likeness (QED) is 0.876. The van der Waals surface area contributed by atoms with E-state index in [2.05, 4.69) is 10.3 Å². The van der Waals surface area contributed by atoms with Crippen molar-refractivity contribution >= 4 is 11.8 Å². The van der Waals surface area contributed by atoms with Gasteiger partial charge in [0.15, 0.2) is 0 Å². The average Bonchev–Trinajstić information content (AvgIpc) is 3.36. The third kappa shape index (κ3) is 4.30. The summed E-state index contributed by atoms with van der Waals surface area (Å²) in [5.41, 5.74) is 1.93. The van der Waals surface area contributed by atoms with E-state index in [1.165, 1.54) is 0 Å². The Labute approximate surface area is 137 Å². The first-order valence-electron chi connectivity index (χ1n) is 8.64. The highest BCUT2D eigenvalue weighted by molar-refractivity contribution is 5.79. The van der Waals surface area contributed by atoms with Gasteiger partial charge in [-0.2, -0.15) is 0 Å². The number of carbonyl (C=O) groups excluding carboxylic acids is 2. The lowest BCUT2D eigenvalue weighted by atomic mass is 10.1. The van der Waals surface area contributed by atoms with Crippen LogP contribution in [0.3, 0.4) is 0 Å². The van der Waals surface area contributed by atoms with E-state index in [1.54, 1.807) is 0 Å². The molecular formula is C18H25N3O2. The van der Waals surface area contributed by atoms with Crippen molar-refractivity contribution in [3.63, 3.8) is 0 Å². The Morgan fingerprint density at radius 2 is 2.22 bits per heavy atom. The minimum atomic E-state index is 0.0134. The van der Waals surface area contributed by atoms with Crippen LogP contribution < -0.4 is 5.32 Å². The Kier molecular flexibility index (Phi) is 4.94. The van der Waals surface area contributed by atoms with E-state index in [1.807, 2.05) is 30.0 Å². The van der Waals surface area contributed by atoms with Gasteiger partial charge in [0.05, 0.1) is 11.7 Å². The number of rotatable bonds is 6. The molecule has 0 radical (unpaired) electrons. The molecule has 1 saturated carbocycles. The number of nitrogens with one attached hydrogen (secondary N) is 1. The summed E-state index contributed by atoms with van der Waals surface area (Å²) in [7, 11) is 0.